The third-order valence-corrected chi connectivity index (χ3v) is 1.80. The first-order valence-electron chi connectivity index (χ1n) is 4.44. The summed E-state index contributed by atoms with van der Waals surface area (Å²) in [5, 5.41) is 2.58. The summed E-state index contributed by atoms with van der Waals surface area (Å²) in [6, 6.07) is 0. The van der Waals surface area contributed by atoms with E-state index in [-0.39, 0.29) is 18.1 Å². The Bertz CT molecular complexity index is 216. The van der Waals surface area contributed by atoms with E-state index >= 15 is 0 Å². The minimum atomic E-state index is -0.613. The van der Waals surface area contributed by atoms with Gasteiger partial charge in [-0.3, -0.25) is 4.79 Å². The van der Waals surface area contributed by atoms with Gasteiger partial charge in [0.15, 0.2) is 0 Å². The van der Waals surface area contributed by atoms with Crippen LogP contribution in [-0.2, 0) is 9.53 Å². The number of nitrogens with one attached hydrogen (secondary N) is 1. The number of ether oxygens (including phenoxy) is 1. The van der Waals surface area contributed by atoms with Crippen molar-refractivity contribution in [2.75, 3.05) is 12.5 Å². The summed E-state index contributed by atoms with van der Waals surface area (Å²) < 4.78 is 4.70. The monoisotopic (exact) mass is 221 g/mol. The normalized spacial score (nSPS) is 10.9. The largest absolute Gasteiger partial charge is 0.450 e. The van der Waals surface area contributed by atoms with E-state index < -0.39 is 11.6 Å². The molecule has 0 unspecified atom stereocenters. The van der Waals surface area contributed by atoms with Crippen LogP contribution in [0.5, 0.6) is 0 Å². The van der Waals surface area contributed by atoms with Crippen molar-refractivity contribution in [3.8, 4) is 0 Å². The molecule has 4 nitrogen and oxygen atoms in total. The van der Waals surface area contributed by atoms with Crippen LogP contribution in [0.1, 0.15) is 27.2 Å². The van der Waals surface area contributed by atoms with Gasteiger partial charge in [0, 0.05) is 12.0 Å². The highest BCUT2D eigenvalue weighted by atomic mass is 35.5. The van der Waals surface area contributed by atoms with Gasteiger partial charge in [-0.1, -0.05) is 0 Å². The van der Waals surface area contributed by atoms with E-state index in [0.29, 0.717) is 6.61 Å². The molecule has 0 heterocycles. The smallest absolute Gasteiger partial charge is 0.407 e. The van der Waals surface area contributed by atoms with Crippen LogP contribution in [0, 0.1) is 0 Å². The molecule has 0 aromatic carbocycles. The van der Waals surface area contributed by atoms with Crippen LogP contribution in [0.2, 0.25) is 0 Å². The molecule has 5 heteroatoms. The van der Waals surface area contributed by atoms with Gasteiger partial charge in [0.05, 0.1) is 12.5 Å². The maximum atomic E-state index is 11.1. The summed E-state index contributed by atoms with van der Waals surface area (Å²) in [6.07, 6.45) is -0.310. The van der Waals surface area contributed by atoms with Gasteiger partial charge in [0.2, 0.25) is 0 Å². The highest BCUT2D eigenvalue weighted by Gasteiger charge is 2.23. The van der Waals surface area contributed by atoms with Crippen molar-refractivity contribution in [3.63, 3.8) is 0 Å². The predicted molar refractivity (Wildman–Crippen MR) is 54.6 cm³/mol. The van der Waals surface area contributed by atoms with Crippen LogP contribution in [0.3, 0.4) is 0 Å². The second-order valence-corrected chi connectivity index (χ2v) is 3.85. The van der Waals surface area contributed by atoms with Gasteiger partial charge in [-0.25, -0.2) is 4.79 Å². The zero-order valence-electron chi connectivity index (χ0n) is 8.72. The second kappa shape index (κ2) is 5.86. The molecule has 0 fully saturated rings. The first kappa shape index (κ1) is 13.2. The van der Waals surface area contributed by atoms with Gasteiger partial charge in [-0.05, 0) is 20.8 Å². The van der Waals surface area contributed by atoms with Crippen LogP contribution in [-0.4, -0.2) is 29.9 Å². The van der Waals surface area contributed by atoms with Crippen molar-refractivity contribution in [2.24, 2.45) is 0 Å². The average Bonchev–Trinajstić information content (AvgIpc) is 2.02. The van der Waals surface area contributed by atoms with Crippen molar-refractivity contribution in [1.29, 1.82) is 0 Å². The highest BCUT2D eigenvalue weighted by Crippen LogP contribution is 2.09. The van der Waals surface area contributed by atoms with Crippen LogP contribution in [0.4, 0.5) is 4.79 Å². The second-order valence-electron chi connectivity index (χ2n) is 3.58. The average molecular weight is 222 g/mol. The van der Waals surface area contributed by atoms with Gasteiger partial charge in [0.25, 0.3) is 0 Å². The molecule has 0 aliphatic rings. The summed E-state index contributed by atoms with van der Waals surface area (Å²) >= 11 is 5.36. The molecule has 14 heavy (non-hydrogen) atoms. The molecule has 1 amide bonds. The summed E-state index contributed by atoms with van der Waals surface area (Å²) in [4.78, 5) is 22.1. The fraction of sp³-hybridized carbons (Fsp3) is 0.778. The number of amides is 1. The molecule has 0 aromatic rings. The molecule has 0 aromatic heterocycles. The Morgan fingerprint density at radius 2 is 2.00 bits per heavy atom. The van der Waals surface area contributed by atoms with Gasteiger partial charge in [0.1, 0.15) is 5.78 Å². The van der Waals surface area contributed by atoms with Crippen LogP contribution < -0.4 is 5.32 Å². The number of carbonyl (C=O) groups is 2. The fourth-order valence-corrected chi connectivity index (χ4v) is 1.12. The summed E-state index contributed by atoms with van der Waals surface area (Å²) in [5.74, 6) is -0.137. The number of halogens is 1. The molecule has 0 bridgehead atoms. The van der Waals surface area contributed by atoms with E-state index in [2.05, 4.69) is 5.32 Å². The number of alkyl halides is 1. The zero-order valence-corrected chi connectivity index (χ0v) is 9.48. The molecule has 0 aliphatic carbocycles. The molecular formula is C9H16ClNO3. The Labute approximate surface area is 88.9 Å². The Morgan fingerprint density at radius 1 is 1.43 bits per heavy atom. The van der Waals surface area contributed by atoms with Crippen molar-refractivity contribution in [3.05, 3.63) is 0 Å². The predicted octanol–water partition coefficient (Wildman–Crippen LogP) is 1.71. The molecule has 0 saturated heterocycles. The number of Topliss-reactive ketones (excluding diaryl/α,β-unsaturated/α-hetero) is 1. The third kappa shape index (κ3) is 5.80. The fourth-order valence-electron chi connectivity index (χ4n) is 1.03. The van der Waals surface area contributed by atoms with Crippen molar-refractivity contribution in [1.82, 2.24) is 5.32 Å². The van der Waals surface area contributed by atoms with Crippen molar-refractivity contribution >= 4 is 23.5 Å². The van der Waals surface area contributed by atoms with E-state index in [4.69, 9.17) is 16.3 Å². The van der Waals surface area contributed by atoms with E-state index in [1.807, 2.05) is 0 Å². The first-order chi connectivity index (χ1) is 6.41. The van der Waals surface area contributed by atoms with Crippen LogP contribution >= 0.6 is 11.6 Å². The lowest BCUT2D eigenvalue weighted by Crippen LogP contribution is -2.45. The lowest BCUT2D eigenvalue weighted by molar-refractivity contribution is -0.117. The Morgan fingerprint density at radius 3 is 2.43 bits per heavy atom. The maximum Gasteiger partial charge on any atom is 0.407 e. The Balaban J connectivity index is 4.05. The third-order valence-electron chi connectivity index (χ3n) is 1.50. The molecule has 1 N–H and O–H groups in total. The van der Waals surface area contributed by atoms with Gasteiger partial charge in [-0.15, -0.1) is 11.6 Å². The van der Waals surface area contributed by atoms with Crippen LogP contribution in [0.25, 0.3) is 0 Å². The van der Waals surface area contributed by atoms with Gasteiger partial charge in [-0.2, -0.15) is 0 Å². The standard InChI is InChI=1S/C9H16ClNO3/c1-4-14-8(13)11-9(2,3)5-7(12)6-10/h4-6H2,1-3H3,(H,11,13). The number of hydrogen-bond acceptors (Lipinski definition) is 3. The zero-order chi connectivity index (χ0) is 11.2. The minimum absolute atomic E-state index is 0.0338. The molecule has 0 spiro atoms. The molecule has 0 saturated carbocycles. The van der Waals surface area contributed by atoms with Gasteiger partial charge >= 0.3 is 6.09 Å². The maximum absolute atomic E-state index is 11.1. The molecular weight excluding hydrogens is 206 g/mol. The highest BCUT2D eigenvalue weighted by molar-refractivity contribution is 6.27. The van der Waals surface area contributed by atoms with Gasteiger partial charge < -0.3 is 10.1 Å². The Hall–Kier alpha value is -0.770. The number of carbonyl (C=O) groups excluding carboxylic acids is 2. The van der Waals surface area contributed by atoms with E-state index in [0.717, 1.165) is 0 Å². The minimum Gasteiger partial charge on any atom is -0.450 e. The first-order valence-corrected chi connectivity index (χ1v) is 4.97. The lowest BCUT2D eigenvalue weighted by atomic mass is 9.99. The van der Waals surface area contributed by atoms with E-state index in [9.17, 15) is 9.59 Å². The van der Waals surface area contributed by atoms with Crippen molar-refractivity contribution in [2.45, 2.75) is 32.7 Å². The van der Waals surface area contributed by atoms with Crippen LogP contribution in [0.15, 0.2) is 0 Å². The lowest BCUT2D eigenvalue weighted by Gasteiger charge is -2.24. The molecule has 0 atom stereocenters. The van der Waals surface area contributed by atoms with Crippen molar-refractivity contribution < 1.29 is 14.3 Å². The van der Waals surface area contributed by atoms with E-state index in [1.54, 1.807) is 20.8 Å². The molecule has 82 valence electrons. The van der Waals surface area contributed by atoms with E-state index in [1.165, 1.54) is 0 Å². The summed E-state index contributed by atoms with van der Waals surface area (Å²) in [7, 11) is 0. The Kier molecular flexibility index (Phi) is 5.53. The molecule has 0 aliphatic heterocycles. The quantitative estimate of drug-likeness (QED) is 0.719. The number of alkyl carbamates (subject to hydrolysis) is 1. The summed E-state index contributed by atoms with van der Waals surface area (Å²) in [6.45, 7) is 5.52. The number of rotatable bonds is 5. The molecule has 0 rings (SSSR count). The summed E-state index contributed by atoms with van der Waals surface area (Å²) in [5.41, 5.74) is -0.613. The number of ketones is 1. The molecule has 0 radical (unpaired) electrons. The number of hydrogen-bond donors (Lipinski definition) is 1. The topological polar surface area (TPSA) is 55.4 Å². The SMILES string of the molecule is CCOC(=O)NC(C)(C)CC(=O)CCl.